The summed E-state index contributed by atoms with van der Waals surface area (Å²) < 4.78 is 15.5. The normalized spacial score (nSPS) is 19.4. The molecule has 1 aromatic carbocycles. The molecule has 1 N–H and O–H groups in total. The summed E-state index contributed by atoms with van der Waals surface area (Å²) in [6.07, 6.45) is 1.78. The summed E-state index contributed by atoms with van der Waals surface area (Å²) >= 11 is 0. The van der Waals surface area contributed by atoms with Crippen LogP contribution in [-0.4, -0.2) is 4.57 Å². The molecule has 1 aliphatic heterocycles. The van der Waals surface area contributed by atoms with Crippen LogP contribution in [0.2, 0.25) is 0 Å². The minimum absolute atomic E-state index is 0.0796. The zero-order valence-electron chi connectivity index (χ0n) is 11.4. The first-order valence-corrected chi connectivity index (χ1v) is 6.60. The molecule has 102 valence electrons. The number of nitrogens with one attached hydrogen (secondary N) is 1. The third-order valence-corrected chi connectivity index (χ3v) is 3.96. The lowest BCUT2D eigenvalue weighted by molar-refractivity contribution is 0.458. The van der Waals surface area contributed by atoms with Crippen molar-refractivity contribution in [1.82, 2.24) is 9.88 Å². The van der Waals surface area contributed by atoms with E-state index in [-0.39, 0.29) is 11.9 Å². The Labute approximate surface area is 117 Å². The molecule has 0 spiro atoms. The molecule has 1 atom stereocenters. The number of allylic oxidation sites excluding steroid dienone is 2. The monoisotopic (exact) mass is 268 g/mol. The number of halogens is 1. The fourth-order valence-corrected chi connectivity index (χ4v) is 2.95. The van der Waals surface area contributed by atoms with Crippen molar-refractivity contribution in [3.63, 3.8) is 0 Å². The fourth-order valence-electron chi connectivity index (χ4n) is 2.95. The van der Waals surface area contributed by atoms with Gasteiger partial charge in [-0.05, 0) is 31.0 Å². The molecule has 2 nitrogen and oxygen atoms in total. The van der Waals surface area contributed by atoms with E-state index in [0.29, 0.717) is 0 Å². The summed E-state index contributed by atoms with van der Waals surface area (Å²) in [6.45, 7) is 16.2. The number of nitrogens with zero attached hydrogens (tertiary/aromatic N) is 1. The van der Waals surface area contributed by atoms with Crippen LogP contribution in [0.15, 0.2) is 42.8 Å². The van der Waals surface area contributed by atoms with Gasteiger partial charge in [0.25, 0.3) is 0 Å². The van der Waals surface area contributed by atoms with E-state index in [0.717, 1.165) is 45.7 Å². The van der Waals surface area contributed by atoms with Crippen LogP contribution in [0.3, 0.4) is 0 Å². The predicted octanol–water partition coefficient (Wildman–Crippen LogP) is 2.55. The lowest BCUT2D eigenvalue weighted by Crippen LogP contribution is -2.36. The Hall–Kier alpha value is -2.29. The van der Waals surface area contributed by atoms with E-state index in [1.165, 1.54) is 12.1 Å². The van der Waals surface area contributed by atoms with Crippen molar-refractivity contribution in [2.75, 3.05) is 0 Å². The van der Waals surface area contributed by atoms with E-state index in [2.05, 4.69) is 31.6 Å². The third-order valence-electron chi connectivity index (χ3n) is 3.96. The second-order valence-corrected chi connectivity index (χ2v) is 5.26. The highest BCUT2D eigenvalue weighted by Gasteiger charge is 2.22. The molecule has 1 unspecified atom stereocenters. The molecule has 20 heavy (non-hydrogen) atoms. The molecular weight excluding hydrogens is 251 g/mol. The number of aromatic nitrogens is 1. The van der Waals surface area contributed by atoms with Gasteiger partial charge in [-0.15, -0.1) is 0 Å². The first-order chi connectivity index (χ1) is 9.49. The second-order valence-electron chi connectivity index (χ2n) is 5.26. The number of hydrogen-bond acceptors (Lipinski definition) is 1. The minimum Gasteiger partial charge on any atom is -0.362 e. The number of piperidine rings is 1. The largest absolute Gasteiger partial charge is 0.362 e. The Balaban J connectivity index is 2.22. The van der Waals surface area contributed by atoms with Crippen LogP contribution in [-0.2, 0) is 0 Å². The van der Waals surface area contributed by atoms with Gasteiger partial charge in [-0.25, -0.2) is 4.39 Å². The maximum atomic E-state index is 13.4. The van der Waals surface area contributed by atoms with Gasteiger partial charge >= 0.3 is 0 Å². The molecular formula is C17H17FN2. The summed E-state index contributed by atoms with van der Waals surface area (Å²) in [5.41, 5.74) is 1.86. The van der Waals surface area contributed by atoms with Crippen molar-refractivity contribution in [3.05, 3.63) is 59.3 Å². The third kappa shape index (κ3) is 1.78. The van der Waals surface area contributed by atoms with E-state index in [1.807, 2.05) is 4.57 Å². The fraction of sp³-hybridized carbons (Fsp3) is 0.176. The van der Waals surface area contributed by atoms with Crippen LogP contribution in [0.5, 0.6) is 0 Å². The summed E-state index contributed by atoms with van der Waals surface area (Å²) in [4.78, 5) is 0. The van der Waals surface area contributed by atoms with Crippen LogP contribution in [0.25, 0.3) is 23.9 Å². The second kappa shape index (κ2) is 4.37. The highest BCUT2D eigenvalue weighted by Crippen LogP contribution is 2.26. The van der Waals surface area contributed by atoms with Gasteiger partial charge in [0.1, 0.15) is 5.82 Å². The summed E-state index contributed by atoms with van der Waals surface area (Å²) in [5, 5.41) is 6.58. The molecule has 2 heterocycles. The molecule has 1 aromatic heterocycles. The molecule has 0 saturated carbocycles. The van der Waals surface area contributed by atoms with E-state index in [4.69, 9.17) is 0 Å². The first-order valence-electron chi connectivity index (χ1n) is 6.60. The summed E-state index contributed by atoms with van der Waals surface area (Å²) in [7, 11) is 0. The van der Waals surface area contributed by atoms with Crippen molar-refractivity contribution < 1.29 is 4.39 Å². The van der Waals surface area contributed by atoms with E-state index < -0.39 is 0 Å². The quantitative estimate of drug-likeness (QED) is 0.841. The maximum Gasteiger partial charge on any atom is 0.123 e. The van der Waals surface area contributed by atoms with Crippen molar-refractivity contribution in [1.29, 1.82) is 0 Å². The van der Waals surface area contributed by atoms with Crippen molar-refractivity contribution in [3.8, 4) is 0 Å². The van der Waals surface area contributed by atoms with Crippen LogP contribution in [0, 0.1) is 5.82 Å². The summed E-state index contributed by atoms with van der Waals surface area (Å²) in [6, 6.07) is 4.81. The number of hydrogen-bond donors (Lipinski definition) is 1. The van der Waals surface area contributed by atoms with Crippen molar-refractivity contribution in [2.24, 2.45) is 0 Å². The highest BCUT2D eigenvalue weighted by molar-refractivity contribution is 5.83. The Morgan fingerprint density at radius 3 is 2.50 bits per heavy atom. The number of fused-ring (bicyclic) bond motifs is 1. The Morgan fingerprint density at radius 1 is 1.10 bits per heavy atom. The first kappa shape index (κ1) is 12.7. The molecule has 0 aliphatic carbocycles. The van der Waals surface area contributed by atoms with Crippen LogP contribution in [0.1, 0.15) is 18.9 Å². The Bertz CT molecular complexity index is 829. The average Bonchev–Trinajstić information content (AvgIpc) is 2.63. The number of benzene rings is 1. The van der Waals surface area contributed by atoms with Gasteiger partial charge in [-0.3, -0.25) is 0 Å². The van der Waals surface area contributed by atoms with Crippen molar-refractivity contribution >= 4 is 23.9 Å². The van der Waals surface area contributed by atoms with Crippen LogP contribution >= 0.6 is 0 Å². The minimum atomic E-state index is -0.256. The molecule has 0 bridgehead atoms. The molecule has 1 saturated heterocycles. The van der Waals surface area contributed by atoms with Gasteiger partial charge in [0.15, 0.2) is 0 Å². The molecule has 3 heteroatoms. The molecule has 1 fully saturated rings. The zero-order valence-corrected chi connectivity index (χ0v) is 11.4. The molecule has 0 amide bonds. The SMILES string of the molecule is C=C1CCC(n2c(=C)c3ccc(F)cc3c2=C)C(=C)N1. The van der Waals surface area contributed by atoms with Gasteiger partial charge in [0.05, 0.1) is 6.04 Å². The predicted molar refractivity (Wildman–Crippen MR) is 81.9 cm³/mol. The van der Waals surface area contributed by atoms with Gasteiger partial charge in [0, 0.05) is 32.9 Å². The smallest absolute Gasteiger partial charge is 0.123 e. The molecule has 2 aromatic rings. The van der Waals surface area contributed by atoms with Gasteiger partial charge in [-0.2, -0.15) is 0 Å². The standard InChI is InChI=1S/C17H17FN2/c1-10-5-8-17(11(2)19-10)20-12(3)15-7-6-14(18)9-16(15)13(20)4/h6-7,9,17,19H,1-5,8H2. The molecule has 1 aliphatic rings. The average molecular weight is 268 g/mol. The van der Waals surface area contributed by atoms with Crippen molar-refractivity contribution in [2.45, 2.75) is 18.9 Å². The van der Waals surface area contributed by atoms with E-state index >= 15 is 0 Å². The number of rotatable bonds is 1. The van der Waals surface area contributed by atoms with Gasteiger partial charge in [-0.1, -0.05) is 26.3 Å². The highest BCUT2D eigenvalue weighted by atomic mass is 19.1. The molecule has 3 rings (SSSR count). The zero-order chi connectivity index (χ0) is 14.4. The summed E-state index contributed by atoms with van der Waals surface area (Å²) in [5.74, 6) is -0.256. The van der Waals surface area contributed by atoms with E-state index in [1.54, 1.807) is 6.07 Å². The molecule has 0 radical (unpaired) electrons. The Kier molecular flexibility index (Phi) is 2.78. The van der Waals surface area contributed by atoms with Crippen LogP contribution < -0.4 is 16.0 Å². The van der Waals surface area contributed by atoms with E-state index in [9.17, 15) is 4.39 Å². The lowest BCUT2D eigenvalue weighted by atomic mass is 10.0. The van der Waals surface area contributed by atoms with Gasteiger partial charge < -0.3 is 9.88 Å². The van der Waals surface area contributed by atoms with Crippen LogP contribution in [0.4, 0.5) is 4.39 Å². The topological polar surface area (TPSA) is 17.0 Å². The van der Waals surface area contributed by atoms with Gasteiger partial charge in [0.2, 0.25) is 0 Å². The Morgan fingerprint density at radius 2 is 1.80 bits per heavy atom. The lowest BCUT2D eigenvalue weighted by Gasteiger charge is -2.29. The maximum absolute atomic E-state index is 13.4.